The summed E-state index contributed by atoms with van der Waals surface area (Å²) in [4.78, 5) is 81.9. The Bertz CT molecular complexity index is 2470. The number of halogens is 2. The number of amides is 6. The van der Waals surface area contributed by atoms with Gasteiger partial charge in [0.1, 0.15) is 30.0 Å². The van der Waals surface area contributed by atoms with Crippen LogP contribution in [-0.2, 0) is 34.1 Å². The van der Waals surface area contributed by atoms with Crippen LogP contribution in [0.2, 0.25) is 0 Å². The number of nitrogens with zero attached hydrogens (tertiary/aromatic N) is 3. The Labute approximate surface area is 399 Å². The van der Waals surface area contributed by atoms with Crippen molar-refractivity contribution in [3.05, 3.63) is 88.6 Å². The average molecular weight is 987 g/mol. The lowest BCUT2D eigenvalue weighted by atomic mass is 9.85. The zero-order chi connectivity index (χ0) is 48.9. The number of hydrogen-bond donors (Lipinski definition) is 4. The van der Waals surface area contributed by atoms with E-state index in [0.717, 1.165) is 32.6 Å². The van der Waals surface area contributed by atoms with Crippen molar-refractivity contribution in [2.75, 3.05) is 37.9 Å². The molecule has 6 rings (SSSR count). The number of carbonyl (C=O) groups excluding carboxylic acids is 6. The van der Waals surface area contributed by atoms with Crippen molar-refractivity contribution in [2.45, 2.75) is 104 Å². The van der Waals surface area contributed by atoms with Crippen LogP contribution >= 0.6 is 15.9 Å². The molecule has 0 spiro atoms. The summed E-state index contributed by atoms with van der Waals surface area (Å²) in [6, 6.07) is 17.9. The van der Waals surface area contributed by atoms with Crippen molar-refractivity contribution in [2.24, 2.45) is 11.8 Å². The van der Waals surface area contributed by atoms with Crippen molar-refractivity contribution in [1.29, 1.82) is 0 Å². The van der Waals surface area contributed by atoms with Crippen LogP contribution in [0.5, 0.6) is 0 Å². The maximum absolute atomic E-state index is 14.5. The molecule has 6 amide bonds. The molecule has 358 valence electrons. The molecular weight excluding hydrogens is 925 g/mol. The number of alkyl carbamates (subject to hydrolysis) is 2. The largest absolute Gasteiger partial charge is 0.453 e. The molecule has 1 aromatic heterocycles. The number of likely N-dealkylation sites (tertiary alicyclic amines) is 2. The fraction of sp³-hybridized carbons (Fsp3) is 0.440. The number of hydrogen-bond acceptors (Lipinski definition) is 8. The van der Waals surface area contributed by atoms with Crippen molar-refractivity contribution >= 4 is 63.1 Å². The molecule has 0 radical (unpaired) electrons. The van der Waals surface area contributed by atoms with Gasteiger partial charge in [0.05, 0.1) is 25.6 Å². The van der Waals surface area contributed by atoms with E-state index >= 15 is 0 Å². The lowest BCUT2D eigenvalue weighted by Crippen LogP contribution is -2.54. The van der Waals surface area contributed by atoms with Crippen molar-refractivity contribution in [3.63, 3.8) is 0 Å². The fourth-order valence-corrected chi connectivity index (χ4v) is 10.0. The minimum Gasteiger partial charge on any atom is -0.453 e. The molecule has 0 unspecified atom stereocenters. The standard InChI is InChI=1S/C50H61BrFN7O8/c1-28(2)40(55-48(64)66-8)46(62)57-26-10-12-36(57)44(60)53-33-20-14-30(15-21-33)42-38(50(5,6)7)39(51)43(59(42)35-24-18-32(52)19-25-35)31-16-22-34(23-17-31)54-45(61)37-13-11-27-58(37)47(63)41(29(3)4)56-49(65)67-9/h14-25,28-29,36-37,40-41H,10-13,26-27H2,1-9H3,(H,53,60)(H,54,61)(H,55,64)(H,56,65)/t36-,37-,40-,41-/m0/s1. The Hall–Kier alpha value is -6.23. The van der Waals surface area contributed by atoms with E-state index < -0.39 is 47.6 Å². The molecule has 17 heteroatoms. The lowest BCUT2D eigenvalue weighted by molar-refractivity contribution is -0.139. The molecule has 15 nitrogen and oxygen atoms in total. The van der Waals surface area contributed by atoms with Crippen LogP contribution in [0.3, 0.4) is 0 Å². The van der Waals surface area contributed by atoms with Gasteiger partial charge in [0.15, 0.2) is 0 Å². The smallest absolute Gasteiger partial charge is 0.407 e. The van der Waals surface area contributed by atoms with Crippen LogP contribution in [-0.4, -0.2) is 102 Å². The van der Waals surface area contributed by atoms with Gasteiger partial charge in [0, 0.05) is 34.6 Å². The Balaban J connectivity index is 1.29. The maximum Gasteiger partial charge on any atom is 0.407 e. The minimum absolute atomic E-state index is 0.236. The van der Waals surface area contributed by atoms with E-state index in [1.165, 1.54) is 36.2 Å². The van der Waals surface area contributed by atoms with Crippen LogP contribution in [0.1, 0.15) is 79.7 Å². The van der Waals surface area contributed by atoms with Crippen LogP contribution in [0.25, 0.3) is 28.2 Å². The highest BCUT2D eigenvalue weighted by Gasteiger charge is 2.41. The first-order chi connectivity index (χ1) is 31.7. The first-order valence-corrected chi connectivity index (χ1v) is 23.4. The second kappa shape index (κ2) is 21.2. The fourth-order valence-electron chi connectivity index (χ4n) is 8.84. The molecular formula is C50H61BrFN7O8. The summed E-state index contributed by atoms with van der Waals surface area (Å²) in [7, 11) is 2.46. The van der Waals surface area contributed by atoms with Gasteiger partial charge in [-0.25, -0.2) is 14.0 Å². The van der Waals surface area contributed by atoms with E-state index in [0.29, 0.717) is 55.8 Å². The quantitative estimate of drug-likeness (QED) is 0.103. The van der Waals surface area contributed by atoms with Gasteiger partial charge in [0.2, 0.25) is 23.6 Å². The van der Waals surface area contributed by atoms with Gasteiger partial charge in [-0.3, -0.25) is 19.2 Å². The highest BCUT2D eigenvalue weighted by Crippen LogP contribution is 2.48. The maximum atomic E-state index is 14.5. The second-order valence-corrected chi connectivity index (χ2v) is 19.5. The molecule has 4 N–H and O–H groups in total. The molecule has 4 aromatic rings. The zero-order valence-corrected chi connectivity index (χ0v) is 41.1. The molecule has 0 aliphatic carbocycles. The third kappa shape index (κ3) is 11.1. The van der Waals surface area contributed by atoms with E-state index in [2.05, 4.69) is 62.5 Å². The van der Waals surface area contributed by atoms with Gasteiger partial charge >= 0.3 is 12.2 Å². The molecule has 67 heavy (non-hydrogen) atoms. The summed E-state index contributed by atoms with van der Waals surface area (Å²) in [5.41, 5.74) is 5.49. The number of carbonyl (C=O) groups is 6. The van der Waals surface area contributed by atoms with Gasteiger partial charge in [-0.15, -0.1) is 0 Å². The van der Waals surface area contributed by atoms with E-state index in [1.807, 2.05) is 52.0 Å². The second-order valence-electron chi connectivity index (χ2n) is 18.7. The van der Waals surface area contributed by atoms with Gasteiger partial charge in [-0.1, -0.05) is 72.7 Å². The number of rotatable bonds is 13. The zero-order valence-electron chi connectivity index (χ0n) is 39.5. The molecule has 2 fully saturated rings. The first kappa shape index (κ1) is 50.2. The summed E-state index contributed by atoms with van der Waals surface area (Å²) in [6.07, 6.45) is 0.772. The predicted octanol–water partition coefficient (Wildman–Crippen LogP) is 8.63. The highest BCUT2D eigenvalue weighted by molar-refractivity contribution is 9.10. The summed E-state index contributed by atoms with van der Waals surface area (Å²) in [5.74, 6) is -2.23. The normalized spacial score (nSPS) is 17.0. The van der Waals surface area contributed by atoms with Crippen LogP contribution in [0, 0.1) is 17.7 Å². The lowest BCUT2D eigenvalue weighted by Gasteiger charge is -2.30. The van der Waals surface area contributed by atoms with E-state index in [1.54, 1.807) is 36.4 Å². The highest BCUT2D eigenvalue weighted by atomic mass is 79.9. The molecule has 2 aliphatic rings. The number of benzene rings is 3. The average Bonchev–Trinajstić information content (AvgIpc) is 4.06. The molecule has 2 saturated heterocycles. The third-order valence-electron chi connectivity index (χ3n) is 12.3. The van der Waals surface area contributed by atoms with Gasteiger partial charge in [-0.2, -0.15) is 0 Å². The third-order valence-corrected chi connectivity index (χ3v) is 13.0. The molecule has 0 bridgehead atoms. The Morgan fingerprint density at radius 2 is 1.04 bits per heavy atom. The van der Waals surface area contributed by atoms with Crippen LogP contribution in [0.15, 0.2) is 77.3 Å². The van der Waals surface area contributed by atoms with Crippen molar-refractivity contribution < 1.29 is 42.6 Å². The molecule has 4 atom stereocenters. The summed E-state index contributed by atoms with van der Waals surface area (Å²) in [5, 5.41) is 11.2. The number of ether oxygens (including phenoxy) is 2. The molecule has 0 saturated carbocycles. The SMILES string of the molecule is COC(=O)N[C@H](C(=O)N1CCC[C@H]1C(=O)Nc1ccc(-c2c(Br)c(C(C)(C)C)c(-c3ccc(NC(=O)[C@@H]4CCCN4C(=O)[C@@H](NC(=O)OC)C(C)C)cc3)n2-c2ccc(F)cc2)cc1)C(C)C. The van der Waals surface area contributed by atoms with Crippen LogP contribution in [0.4, 0.5) is 25.4 Å². The topological polar surface area (TPSA) is 180 Å². The first-order valence-electron chi connectivity index (χ1n) is 22.6. The number of anilines is 2. The van der Waals surface area contributed by atoms with Crippen molar-refractivity contribution in [3.8, 4) is 28.2 Å². The number of nitrogens with one attached hydrogen (secondary N) is 4. The number of aromatic nitrogens is 1. The Morgan fingerprint density at radius 1 is 0.642 bits per heavy atom. The van der Waals surface area contributed by atoms with E-state index in [-0.39, 0.29) is 35.5 Å². The summed E-state index contributed by atoms with van der Waals surface area (Å²) >= 11 is 3.98. The van der Waals surface area contributed by atoms with E-state index in [9.17, 15) is 33.2 Å². The number of methoxy groups -OCH3 is 2. The Kier molecular flexibility index (Phi) is 15.9. The minimum atomic E-state index is -0.855. The van der Waals surface area contributed by atoms with Gasteiger partial charge in [-0.05, 0) is 124 Å². The van der Waals surface area contributed by atoms with Crippen LogP contribution < -0.4 is 21.3 Å². The molecule has 3 aromatic carbocycles. The van der Waals surface area contributed by atoms with E-state index in [4.69, 9.17) is 9.47 Å². The van der Waals surface area contributed by atoms with Gasteiger partial charge < -0.3 is 45.1 Å². The van der Waals surface area contributed by atoms with Crippen molar-refractivity contribution in [1.82, 2.24) is 25.0 Å². The molecule has 2 aliphatic heterocycles. The van der Waals surface area contributed by atoms with Gasteiger partial charge in [0.25, 0.3) is 0 Å². The Morgan fingerprint density at radius 3 is 1.42 bits per heavy atom. The predicted molar refractivity (Wildman–Crippen MR) is 258 cm³/mol. The summed E-state index contributed by atoms with van der Waals surface area (Å²) in [6.45, 7) is 14.3. The summed E-state index contributed by atoms with van der Waals surface area (Å²) < 4.78 is 26.8. The monoisotopic (exact) mass is 985 g/mol. The molecule has 3 heterocycles.